The number of rotatable bonds is 2. The van der Waals surface area contributed by atoms with Gasteiger partial charge in [-0.15, -0.1) is 0 Å². The summed E-state index contributed by atoms with van der Waals surface area (Å²) in [4.78, 5) is 2.44. The van der Waals surface area contributed by atoms with Crippen molar-refractivity contribution in [1.82, 2.24) is 4.90 Å². The van der Waals surface area contributed by atoms with Crippen molar-refractivity contribution in [3.05, 3.63) is 35.9 Å². The van der Waals surface area contributed by atoms with E-state index in [-0.39, 0.29) is 5.54 Å². The molecular formula is C15H21NO. The van der Waals surface area contributed by atoms with Gasteiger partial charge in [-0.25, -0.2) is 0 Å². The van der Waals surface area contributed by atoms with Crippen LogP contribution in [0.3, 0.4) is 0 Å². The Hall–Kier alpha value is -0.860. The molecule has 1 saturated carbocycles. The zero-order valence-corrected chi connectivity index (χ0v) is 10.5. The van der Waals surface area contributed by atoms with Crippen LogP contribution in [0.15, 0.2) is 30.3 Å². The SMILES string of the molecule is CN1C(c2ccccc2)C[C@H]2CCC[C@]21CO. The highest BCUT2D eigenvalue weighted by Gasteiger charge is 2.53. The molecular weight excluding hydrogens is 210 g/mol. The number of aliphatic hydroxyl groups is 1. The van der Waals surface area contributed by atoms with E-state index in [4.69, 9.17) is 0 Å². The molecule has 2 fully saturated rings. The van der Waals surface area contributed by atoms with Crippen LogP contribution >= 0.6 is 0 Å². The molecule has 1 saturated heterocycles. The number of benzene rings is 1. The van der Waals surface area contributed by atoms with E-state index in [1.165, 1.54) is 24.8 Å². The highest BCUT2D eigenvalue weighted by Crippen LogP contribution is 2.53. The summed E-state index contributed by atoms with van der Waals surface area (Å²) in [5.74, 6) is 0.683. The third-order valence-electron chi connectivity index (χ3n) is 5.06. The second-order valence-corrected chi connectivity index (χ2v) is 5.62. The van der Waals surface area contributed by atoms with Crippen LogP contribution in [-0.4, -0.2) is 29.2 Å². The average Bonchev–Trinajstić information content (AvgIpc) is 2.90. The molecule has 1 heterocycles. The van der Waals surface area contributed by atoms with Gasteiger partial charge in [0.2, 0.25) is 0 Å². The number of hydrogen-bond acceptors (Lipinski definition) is 2. The number of hydrogen-bond donors (Lipinski definition) is 1. The molecule has 0 amide bonds. The van der Waals surface area contributed by atoms with Gasteiger partial charge in [-0.1, -0.05) is 36.8 Å². The molecule has 2 heteroatoms. The van der Waals surface area contributed by atoms with E-state index in [1.807, 2.05) is 0 Å². The van der Waals surface area contributed by atoms with Gasteiger partial charge in [0.05, 0.1) is 6.61 Å². The van der Waals surface area contributed by atoms with Crippen LogP contribution in [0.4, 0.5) is 0 Å². The summed E-state index contributed by atoms with van der Waals surface area (Å²) in [6, 6.07) is 11.2. The summed E-state index contributed by atoms with van der Waals surface area (Å²) in [6.07, 6.45) is 4.93. The molecule has 2 nitrogen and oxygen atoms in total. The largest absolute Gasteiger partial charge is 0.394 e. The lowest BCUT2D eigenvalue weighted by Gasteiger charge is -2.37. The first kappa shape index (κ1) is 11.2. The summed E-state index contributed by atoms with van der Waals surface area (Å²) in [5.41, 5.74) is 1.47. The van der Waals surface area contributed by atoms with Crippen molar-refractivity contribution in [2.24, 2.45) is 5.92 Å². The number of likely N-dealkylation sites (tertiary alicyclic amines) is 1. The molecule has 1 N–H and O–H groups in total. The Balaban J connectivity index is 1.92. The third kappa shape index (κ3) is 1.54. The molecule has 1 aromatic rings. The van der Waals surface area contributed by atoms with Crippen LogP contribution in [0.25, 0.3) is 0 Å². The van der Waals surface area contributed by atoms with Crippen molar-refractivity contribution < 1.29 is 5.11 Å². The van der Waals surface area contributed by atoms with E-state index < -0.39 is 0 Å². The van der Waals surface area contributed by atoms with E-state index >= 15 is 0 Å². The van der Waals surface area contributed by atoms with Crippen molar-refractivity contribution in [3.63, 3.8) is 0 Å². The van der Waals surface area contributed by atoms with E-state index in [2.05, 4.69) is 42.3 Å². The van der Waals surface area contributed by atoms with E-state index in [0.717, 1.165) is 6.42 Å². The Bertz CT molecular complexity index is 391. The minimum absolute atomic E-state index is 0.0699. The predicted octanol–water partition coefficient (Wildman–Crippen LogP) is 2.59. The normalized spacial score (nSPS) is 37.3. The monoisotopic (exact) mass is 231 g/mol. The summed E-state index contributed by atoms with van der Waals surface area (Å²) in [7, 11) is 2.19. The average molecular weight is 231 g/mol. The van der Waals surface area contributed by atoms with Crippen LogP contribution in [0, 0.1) is 5.92 Å². The fraction of sp³-hybridized carbons (Fsp3) is 0.600. The van der Waals surface area contributed by atoms with E-state index in [0.29, 0.717) is 18.6 Å². The molecule has 3 rings (SSSR count). The number of fused-ring (bicyclic) bond motifs is 1. The van der Waals surface area contributed by atoms with Crippen LogP contribution in [0.1, 0.15) is 37.3 Å². The molecule has 0 aromatic heterocycles. The maximum atomic E-state index is 9.82. The summed E-state index contributed by atoms with van der Waals surface area (Å²) in [6.45, 7) is 0.317. The molecule has 1 aliphatic carbocycles. The Labute approximate surface area is 103 Å². The van der Waals surface area contributed by atoms with Gasteiger partial charge in [0.25, 0.3) is 0 Å². The lowest BCUT2D eigenvalue weighted by molar-refractivity contribution is 0.0500. The van der Waals surface area contributed by atoms with Crippen molar-refractivity contribution in [2.75, 3.05) is 13.7 Å². The highest BCUT2D eigenvalue weighted by molar-refractivity contribution is 5.23. The fourth-order valence-electron chi connectivity index (χ4n) is 4.02. The van der Waals surface area contributed by atoms with Gasteiger partial charge in [0.1, 0.15) is 0 Å². The van der Waals surface area contributed by atoms with Crippen LogP contribution in [-0.2, 0) is 0 Å². The van der Waals surface area contributed by atoms with Crippen LogP contribution < -0.4 is 0 Å². The van der Waals surface area contributed by atoms with Crippen molar-refractivity contribution in [2.45, 2.75) is 37.3 Å². The summed E-state index contributed by atoms with van der Waals surface area (Å²) < 4.78 is 0. The van der Waals surface area contributed by atoms with Gasteiger partial charge in [-0.05, 0) is 37.8 Å². The van der Waals surface area contributed by atoms with E-state index in [1.54, 1.807) is 0 Å². The van der Waals surface area contributed by atoms with Crippen molar-refractivity contribution in [1.29, 1.82) is 0 Å². The van der Waals surface area contributed by atoms with Crippen molar-refractivity contribution in [3.8, 4) is 0 Å². The van der Waals surface area contributed by atoms with Gasteiger partial charge >= 0.3 is 0 Å². The molecule has 1 aromatic carbocycles. The summed E-state index contributed by atoms with van der Waals surface area (Å²) >= 11 is 0. The molecule has 3 atom stereocenters. The molecule has 92 valence electrons. The minimum Gasteiger partial charge on any atom is -0.394 e. The first-order chi connectivity index (χ1) is 8.28. The first-order valence-electron chi connectivity index (χ1n) is 6.67. The van der Waals surface area contributed by atoms with Crippen LogP contribution in [0.5, 0.6) is 0 Å². The number of likely N-dealkylation sites (N-methyl/N-ethyl adjacent to an activating group) is 1. The zero-order chi connectivity index (χ0) is 11.9. The fourth-order valence-corrected chi connectivity index (χ4v) is 4.02. The van der Waals surface area contributed by atoms with Gasteiger partial charge in [-0.2, -0.15) is 0 Å². The molecule has 2 aliphatic rings. The molecule has 1 aliphatic heterocycles. The Kier molecular flexibility index (Phi) is 2.72. The second kappa shape index (κ2) is 4.11. The first-order valence-corrected chi connectivity index (χ1v) is 6.67. The molecule has 0 radical (unpaired) electrons. The standard InChI is InChI=1S/C15H21NO/c1-16-14(12-6-3-2-4-7-12)10-13-8-5-9-15(13,16)11-17/h2-4,6-7,13-14,17H,5,8-11H2,1H3/t13-,14?,15+/m1/s1. The number of aliphatic hydroxyl groups excluding tert-OH is 1. The highest BCUT2D eigenvalue weighted by atomic mass is 16.3. The van der Waals surface area contributed by atoms with Crippen molar-refractivity contribution >= 4 is 0 Å². The van der Waals surface area contributed by atoms with Gasteiger partial charge in [0.15, 0.2) is 0 Å². The lowest BCUT2D eigenvalue weighted by atomic mass is 9.88. The minimum atomic E-state index is 0.0699. The Morgan fingerprint density at radius 2 is 2.12 bits per heavy atom. The van der Waals surface area contributed by atoms with Crippen LogP contribution in [0.2, 0.25) is 0 Å². The zero-order valence-electron chi connectivity index (χ0n) is 10.5. The van der Waals surface area contributed by atoms with E-state index in [9.17, 15) is 5.11 Å². The Morgan fingerprint density at radius 3 is 2.76 bits per heavy atom. The molecule has 17 heavy (non-hydrogen) atoms. The van der Waals surface area contributed by atoms with Gasteiger partial charge < -0.3 is 5.11 Å². The summed E-state index contributed by atoms with van der Waals surface area (Å²) in [5, 5.41) is 9.82. The number of nitrogens with zero attached hydrogens (tertiary/aromatic N) is 1. The quantitative estimate of drug-likeness (QED) is 0.845. The van der Waals surface area contributed by atoms with Gasteiger partial charge in [0, 0.05) is 11.6 Å². The smallest absolute Gasteiger partial charge is 0.0618 e. The predicted molar refractivity (Wildman–Crippen MR) is 68.7 cm³/mol. The molecule has 1 unspecified atom stereocenters. The van der Waals surface area contributed by atoms with Gasteiger partial charge in [-0.3, -0.25) is 4.90 Å². The molecule has 0 spiro atoms. The topological polar surface area (TPSA) is 23.5 Å². The maximum Gasteiger partial charge on any atom is 0.0618 e. The maximum absolute atomic E-state index is 9.82. The Morgan fingerprint density at radius 1 is 1.35 bits per heavy atom. The second-order valence-electron chi connectivity index (χ2n) is 5.62. The lowest BCUT2D eigenvalue weighted by Crippen LogP contribution is -2.46. The molecule has 0 bridgehead atoms. The third-order valence-corrected chi connectivity index (χ3v) is 5.06.